The van der Waals surface area contributed by atoms with Crippen molar-refractivity contribution in [1.29, 1.82) is 0 Å². The van der Waals surface area contributed by atoms with E-state index in [9.17, 15) is 0 Å². The minimum Gasteiger partial charge on any atom is -0.493 e. The Morgan fingerprint density at radius 2 is 2.05 bits per heavy atom. The van der Waals surface area contributed by atoms with Gasteiger partial charge >= 0.3 is 0 Å². The van der Waals surface area contributed by atoms with E-state index in [1.165, 1.54) is 0 Å². The first-order valence-electron chi connectivity index (χ1n) is 6.73. The first-order chi connectivity index (χ1) is 8.90. The van der Waals surface area contributed by atoms with Gasteiger partial charge in [-0.3, -0.25) is 0 Å². The van der Waals surface area contributed by atoms with Crippen molar-refractivity contribution < 1.29 is 9.47 Å². The number of nitrogens with zero attached hydrogens (tertiary/aromatic N) is 1. The summed E-state index contributed by atoms with van der Waals surface area (Å²) in [5.41, 5.74) is 6.78. The number of ether oxygens (including phenoxy) is 2. The quantitative estimate of drug-likeness (QED) is 0.903. The van der Waals surface area contributed by atoms with E-state index >= 15 is 0 Å². The van der Waals surface area contributed by atoms with Crippen LogP contribution in [0.4, 0.5) is 0 Å². The van der Waals surface area contributed by atoms with Crippen molar-refractivity contribution in [3.63, 3.8) is 0 Å². The number of methoxy groups -OCH3 is 1. The zero-order valence-electron chi connectivity index (χ0n) is 12.3. The first kappa shape index (κ1) is 14.2. The van der Waals surface area contributed by atoms with Crippen LogP contribution in [0.1, 0.15) is 25.8 Å². The summed E-state index contributed by atoms with van der Waals surface area (Å²) in [5.74, 6) is 1.56. The molecule has 0 amide bonds. The van der Waals surface area contributed by atoms with E-state index in [0.29, 0.717) is 0 Å². The highest BCUT2D eigenvalue weighted by Gasteiger charge is 2.23. The second-order valence-electron chi connectivity index (χ2n) is 5.88. The molecule has 0 radical (unpaired) electrons. The number of hydrogen-bond donors (Lipinski definition) is 1. The number of likely N-dealkylation sites (N-methyl/N-ethyl adjacent to an activating group) is 1. The molecule has 0 spiro atoms. The Morgan fingerprint density at radius 1 is 1.32 bits per heavy atom. The Morgan fingerprint density at radius 3 is 2.58 bits per heavy atom. The van der Waals surface area contributed by atoms with Crippen molar-refractivity contribution >= 4 is 0 Å². The molecule has 0 bridgehead atoms. The third-order valence-corrected chi connectivity index (χ3v) is 3.55. The molecule has 4 heteroatoms. The van der Waals surface area contributed by atoms with Crippen LogP contribution in [-0.2, 0) is 5.54 Å². The van der Waals surface area contributed by atoms with Gasteiger partial charge in [0.25, 0.3) is 0 Å². The first-order valence-corrected chi connectivity index (χ1v) is 6.73. The van der Waals surface area contributed by atoms with Crippen molar-refractivity contribution in [1.82, 2.24) is 4.90 Å². The van der Waals surface area contributed by atoms with Crippen LogP contribution < -0.4 is 15.2 Å². The van der Waals surface area contributed by atoms with Crippen LogP contribution in [0, 0.1) is 0 Å². The maximum atomic E-state index is 6.11. The Labute approximate surface area is 115 Å². The maximum Gasteiger partial charge on any atom is 0.161 e. The van der Waals surface area contributed by atoms with Gasteiger partial charge in [-0.2, -0.15) is 0 Å². The van der Waals surface area contributed by atoms with E-state index in [0.717, 1.165) is 36.6 Å². The number of hydrogen-bond acceptors (Lipinski definition) is 4. The Kier molecular flexibility index (Phi) is 4.02. The smallest absolute Gasteiger partial charge is 0.161 e. The van der Waals surface area contributed by atoms with Crippen LogP contribution in [-0.4, -0.2) is 38.3 Å². The van der Waals surface area contributed by atoms with E-state index < -0.39 is 0 Å². The van der Waals surface area contributed by atoms with E-state index in [4.69, 9.17) is 15.2 Å². The van der Waals surface area contributed by atoms with Crippen molar-refractivity contribution in [2.24, 2.45) is 5.73 Å². The number of likely N-dealkylation sites (tertiary alicyclic amines) is 1. The van der Waals surface area contributed by atoms with Crippen LogP contribution in [0.2, 0.25) is 0 Å². The normalized spacial score (nSPS) is 20.6. The predicted octanol–water partition coefficient (Wildman–Crippen LogP) is 1.97. The number of benzene rings is 1. The third kappa shape index (κ3) is 3.39. The van der Waals surface area contributed by atoms with Gasteiger partial charge in [0.2, 0.25) is 0 Å². The average molecular weight is 264 g/mol. The lowest BCUT2D eigenvalue weighted by atomic mass is 9.95. The highest BCUT2D eigenvalue weighted by atomic mass is 16.5. The second-order valence-corrected chi connectivity index (χ2v) is 5.88. The molecule has 1 aromatic rings. The van der Waals surface area contributed by atoms with Crippen LogP contribution >= 0.6 is 0 Å². The number of rotatable bonds is 4. The minimum absolute atomic E-state index is 0.246. The van der Waals surface area contributed by atoms with Gasteiger partial charge in [-0.15, -0.1) is 0 Å². The fraction of sp³-hybridized carbons (Fsp3) is 0.600. The van der Waals surface area contributed by atoms with Gasteiger partial charge in [-0.25, -0.2) is 0 Å². The topological polar surface area (TPSA) is 47.7 Å². The lowest BCUT2D eigenvalue weighted by molar-refractivity contribution is 0.199. The molecule has 1 aliphatic rings. The Balaban J connectivity index is 2.17. The molecule has 19 heavy (non-hydrogen) atoms. The molecule has 1 atom stereocenters. The van der Waals surface area contributed by atoms with Crippen molar-refractivity contribution in [3.05, 3.63) is 23.8 Å². The molecule has 4 nitrogen and oxygen atoms in total. The molecule has 1 unspecified atom stereocenters. The molecular formula is C15H24N2O2. The molecule has 1 saturated heterocycles. The van der Waals surface area contributed by atoms with E-state index in [2.05, 4.69) is 11.9 Å². The van der Waals surface area contributed by atoms with Gasteiger partial charge in [-0.05, 0) is 45.0 Å². The highest BCUT2D eigenvalue weighted by molar-refractivity contribution is 5.44. The molecule has 1 heterocycles. The number of nitrogens with two attached hydrogens (primary N) is 1. The van der Waals surface area contributed by atoms with Crippen molar-refractivity contribution in [2.45, 2.75) is 31.9 Å². The zero-order valence-corrected chi connectivity index (χ0v) is 12.3. The highest BCUT2D eigenvalue weighted by Crippen LogP contribution is 2.33. The lowest BCUT2D eigenvalue weighted by Gasteiger charge is -2.22. The standard InChI is InChI=1S/C15H24N2O2/c1-15(2,16)11-5-6-13(14(9-11)18-4)19-12-7-8-17(3)10-12/h5-6,9,12H,7-8,10,16H2,1-4H3. The molecule has 0 aromatic heterocycles. The van der Waals surface area contributed by atoms with Crippen LogP contribution in [0.3, 0.4) is 0 Å². The largest absolute Gasteiger partial charge is 0.493 e. The Bertz CT molecular complexity index is 440. The fourth-order valence-corrected chi connectivity index (χ4v) is 2.34. The van der Waals surface area contributed by atoms with E-state index in [1.54, 1.807) is 7.11 Å². The molecule has 0 saturated carbocycles. The minimum atomic E-state index is -0.376. The van der Waals surface area contributed by atoms with Crippen LogP contribution in [0.25, 0.3) is 0 Å². The van der Waals surface area contributed by atoms with E-state index in [1.807, 2.05) is 32.0 Å². The summed E-state index contributed by atoms with van der Waals surface area (Å²) in [7, 11) is 3.77. The summed E-state index contributed by atoms with van der Waals surface area (Å²) in [6.45, 7) is 6.01. The summed E-state index contributed by atoms with van der Waals surface area (Å²) in [5, 5.41) is 0. The van der Waals surface area contributed by atoms with Crippen molar-refractivity contribution in [3.8, 4) is 11.5 Å². The van der Waals surface area contributed by atoms with Gasteiger partial charge in [0.1, 0.15) is 6.10 Å². The molecule has 0 aliphatic carbocycles. The summed E-state index contributed by atoms with van der Waals surface area (Å²) in [6.07, 6.45) is 1.31. The molecule has 1 aromatic carbocycles. The second kappa shape index (κ2) is 5.39. The van der Waals surface area contributed by atoms with E-state index in [-0.39, 0.29) is 11.6 Å². The summed E-state index contributed by atoms with van der Waals surface area (Å²) in [6, 6.07) is 5.94. The molecular weight excluding hydrogens is 240 g/mol. The van der Waals surface area contributed by atoms with Gasteiger partial charge in [0.15, 0.2) is 11.5 Å². The molecule has 106 valence electrons. The van der Waals surface area contributed by atoms with Crippen LogP contribution in [0.15, 0.2) is 18.2 Å². The maximum absolute atomic E-state index is 6.11. The SMILES string of the molecule is COc1cc(C(C)(C)N)ccc1OC1CCN(C)C1. The van der Waals surface area contributed by atoms with Crippen molar-refractivity contribution in [2.75, 3.05) is 27.2 Å². The lowest BCUT2D eigenvalue weighted by Crippen LogP contribution is -2.28. The van der Waals surface area contributed by atoms with Crippen LogP contribution in [0.5, 0.6) is 11.5 Å². The summed E-state index contributed by atoms with van der Waals surface area (Å²) < 4.78 is 11.5. The average Bonchev–Trinajstić information content (AvgIpc) is 2.74. The molecule has 1 fully saturated rings. The molecule has 2 N–H and O–H groups in total. The van der Waals surface area contributed by atoms with Gasteiger partial charge in [-0.1, -0.05) is 6.07 Å². The monoisotopic (exact) mass is 264 g/mol. The predicted molar refractivity (Wildman–Crippen MR) is 76.7 cm³/mol. The van der Waals surface area contributed by atoms with Gasteiger partial charge < -0.3 is 20.1 Å². The summed E-state index contributed by atoms with van der Waals surface area (Å²) >= 11 is 0. The fourth-order valence-electron chi connectivity index (χ4n) is 2.34. The third-order valence-electron chi connectivity index (χ3n) is 3.55. The van der Waals surface area contributed by atoms with Gasteiger partial charge in [0, 0.05) is 18.6 Å². The summed E-state index contributed by atoms with van der Waals surface area (Å²) in [4.78, 5) is 2.27. The Hall–Kier alpha value is -1.26. The molecule has 2 rings (SSSR count). The van der Waals surface area contributed by atoms with Gasteiger partial charge in [0.05, 0.1) is 7.11 Å². The molecule has 1 aliphatic heterocycles. The zero-order chi connectivity index (χ0) is 14.0.